The van der Waals surface area contributed by atoms with Crippen molar-refractivity contribution in [2.75, 3.05) is 11.9 Å². The molecule has 2 atom stereocenters. The third-order valence-corrected chi connectivity index (χ3v) is 4.47. The lowest BCUT2D eigenvalue weighted by atomic mass is 10.0. The quantitative estimate of drug-likeness (QED) is 0.429. The van der Waals surface area contributed by atoms with E-state index in [0.29, 0.717) is 11.6 Å². The zero-order valence-electron chi connectivity index (χ0n) is 11.6. The SMILES string of the molecule is CN1SC=C(C(=O)O)C1C1N=C(NN)N1c1cccc(F)c1. The van der Waals surface area contributed by atoms with Crippen LogP contribution in [-0.2, 0) is 4.79 Å². The van der Waals surface area contributed by atoms with Gasteiger partial charge in [0, 0.05) is 5.69 Å². The molecule has 0 amide bonds. The van der Waals surface area contributed by atoms with Gasteiger partial charge in [-0.1, -0.05) is 6.07 Å². The Morgan fingerprint density at radius 3 is 2.95 bits per heavy atom. The summed E-state index contributed by atoms with van der Waals surface area (Å²) in [6.07, 6.45) is -0.491. The fourth-order valence-corrected chi connectivity index (χ4v) is 3.40. The van der Waals surface area contributed by atoms with Crippen LogP contribution in [0.15, 0.2) is 40.2 Å². The van der Waals surface area contributed by atoms with Crippen LogP contribution in [0.3, 0.4) is 0 Å². The molecule has 116 valence electrons. The van der Waals surface area contributed by atoms with Gasteiger partial charge < -0.3 is 5.11 Å². The lowest BCUT2D eigenvalue weighted by Gasteiger charge is -2.43. The van der Waals surface area contributed by atoms with Gasteiger partial charge in [-0.3, -0.25) is 10.3 Å². The molecule has 0 radical (unpaired) electrons. The standard InChI is InChI=1S/C13H14FN5O2S/c1-18-10(9(6-22-18)12(20)21)11-16-13(17-15)19(11)8-4-2-3-7(14)5-8/h2-6,10-11H,15H2,1H3,(H,16,17)(H,20,21). The van der Waals surface area contributed by atoms with Crippen molar-refractivity contribution in [3.8, 4) is 0 Å². The van der Waals surface area contributed by atoms with Crippen molar-refractivity contribution in [3.05, 3.63) is 41.1 Å². The molecule has 3 rings (SSSR count). The number of carboxylic acids is 1. The largest absolute Gasteiger partial charge is 0.478 e. The average Bonchev–Trinajstić information content (AvgIpc) is 2.80. The molecule has 22 heavy (non-hydrogen) atoms. The van der Waals surface area contributed by atoms with E-state index in [-0.39, 0.29) is 11.4 Å². The molecule has 2 aliphatic rings. The average molecular weight is 323 g/mol. The van der Waals surface area contributed by atoms with Gasteiger partial charge in [0.25, 0.3) is 0 Å². The molecule has 0 saturated heterocycles. The number of hydrogen-bond donors (Lipinski definition) is 3. The minimum Gasteiger partial charge on any atom is -0.478 e. The number of nitrogens with zero attached hydrogens (tertiary/aromatic N) is 3. The van der Waals surface area contributed by atoms with Crippen molar-refractivity contribution in [1.82, 2.24) is 9.73 Å². The maximum atomic E-state index is 13.5. The van der Waals surface area contributed by atoms with Gasteiger partial charge in [0.05, 0.1) is 11.6 Å². The van der Waals surface area contributed by atoms with E-state index in [2.05, 4.69) is 10.4 Å². The number of guanidine groups is 1. The first-order valence-corrected chi connectivity index (χ1v) is 7.28. The van der Waals surface area contributed by atoms with Crippen LogP contribution >= 0.6 is 11.9 Å². The minimum absolute atomic E-state index is 0.249. The molecular weight excluding hydrogens is 309 g/mol. The molecule has 0 fully saturated rings. The highest BCUT2D eigenvalue weighted by molar-refractivity contribution is 8.00. The van der Waals surface area contributed by atoms with Gasteiger partial charge in [-0.2, -0.15) is 0 Å². The Bertz CT molecular complexity index is 680. The molecule has 1 aromatic carbocycles. The van der Waals surface area contributed by atoms with Crippen LogP contribution in [0.4, 0.5) is 10.1 Å². The van der Waals surface area contributed by atoms with E-state index < -0.39 is 18.2 Å². The summed E-state index contributed by atoms with van der Waals surface area (Å²) in [5.74, 6) is 4.41. The van der Waals surface area contributed by atoms with Crippen molar-refractivity contribution in [2.24, 2.45) is 10.8 Å². The number of hydrazine groups is 1. The zero-order chi connectivity index (χ0) is 15.9. The molecule has 0 spiro atoms. The Morgan fingerprint density at radius 2 is 2.32 bits per heavy atom. The Labute approximate surface area is 130 Å². The number of carboxylic acid groups (broad SMARTS) is 1. The summed E-state index contributed by atoms with van der Waals surface area (Å²) >= 11 is 1.30. The molecule has 0 aromatic heterocycles. The molecule has 0 bridgehead atoms. The van der Waals surface area contributed by atoms with E-state index in [1.54, 1.807) is 33.8 Å². The lowest BCUT2D eigenvalue weighted by molar-refractivity contribution is -0.133. The number of benzene rings is 1. The van der Waals surface area contributed by atoms with Gasteiger partial charge >= 0.3 is 5.97 Å². The normalized spacial score (nSPS) is 24.6. The number of carbonyl (C=O) groups is 1. The summed E-state index contributed by atoms with van der Waals surface area (Å²) in [4.78, 5) is 17.4. The first-order chi connectivity index (χ1) is 10.5. The zero-order valence-corrected chi connectivity index (χ0v) is 12.4. The number of aliphatic carboxylic acids is 1. The van der Waals surface area contributed by atoms with Crippen LogP contribution in [0.5, 0.6) is 0 Å². The molecule has 2 heterocycles. The van der Waals surface area contributed by atoms with Crippen molar-refractivity contribution in [1.29, 1.82) is 0 Å². The number of nitrogens with one attached hydrogen (secondary N) is 1. The molecule has 2 aliphatic heterocycles. The summed E-state index contributed by atoms with van der Waals surface area (Å²) in [5, 5.41) is 10.9. The monoisotopic (exact) mass is 323 g/mol. The number of likely N-dealkylation sites (N-methyl/N-ethyl adjacent to an activating group) is 1. The second-order valence-electron chi connectivity index (χ2n) is 4.84. The van der Waals surface area contributed by atoms with E-state index in [1.807, 2.05) is 0 Å². The number of halogens is 1. The molecule has 4 N–H and O–H groups in total. The van der Waals surface area contributed by atoms with Gasteiger partial charge in [-0.05, 0) is 42.6 Å². The van der Waals surface area contributed by atoms with Crippen LogP contribution in [0.1, 0.15) is 0 Å². The molecule has 9 heteroatoms. The fraction of sp³-hybridized carbons (Fsp3) is 0.231. The Balaban J connectivity index is 1.95. The third-order valence-electron chi connectivity index (χ3n) is 3.55. The van der Waals surface area contributed by atoms with Crippen molar-refractivity contribution in [2.45, 2.75) is 12.2 Å². The van der Waals surface area contributed by atoms with Crippen LogP contribution in [0.2, 0.25) is 0 Å². The first-order valence-electron chi connectivity index (χ1n) is 6.45. The maximum Gasteiger partial charge on any atom is 0.333 e. The van der Waals surface area contributed by atoms with Crippen molar-refractivity contribution < 1.29 is 14.3 Å². The second kappa shape index (κ2) is 5.59. The second-order valence-corrected chi connectivity index (χ2v) is 5.86. The molecular formula is C13H14FN5O2S. The number of rotatable bonds is 3. The Morgan fingerprint density at radius 1 is 1.55 bits per heavy atom. The van der Waals surface area contributed by atoms with Crippen LogP contribution in [0.25, 0.3) is 0 Å². The highest BCUT2D eigenvalue weighted by atomic mass is 32.2. The van der Waals surface area contributed by atoms with Gasteiger partial charge in [-0.25, -0.2) is 24.3 Å². The highest BCUT2D eigenvalue weighted by Gasteiger charge is 2.45. The molecule has 0 aliphatic carbocycles. The molecule has 2 unspecified atom stereocenters. The highest BCUT2D eigenvalue weighted by Crippen LogP contribution is 2.37. The van der Waals surface area contributed by atoms with E-state index in [1.165, 1.54) is 24.1 Å². The summed E-state index contributed by atoms with van der Waals surface area (Å²) in [5.41, 5.74) is 3.25. The van der Waals surface area contributed by atoms with E-state index in [4.69, 9.17) is 5.84 Å². The number of hydrogen-bond acceptors (Lipinski definition) is 7. The maximum absolute atomic E-state index is 13.5. The number of aliphatic imine (C=N–C) groups is 1. The van der Waals surface area contributed by atoms with Gasteiger partial charge in [0.15, 0.2) is 6.17 Å². The summed E-state index contributed by atoms with van der Waals surface area (Å²) in [6.45, 7) is 0. The molecule has 1 aromatic rings. The molecule has 0 saturated carbocycles. The lowest BCUT2D eigenvalue weighted by Crippen LogP contribution is -2.63. The third kappa shape index (κ3) is 2.32. The predicted molar refractivity (Wildman–Crippen MR) is 82.3 cm³/mol. The Kier molecular flexibility index (Phi) is 3.77. The first kappa shape index (κ1) is 14.8. The van der Waals surface area contributed by atoms with Gasteiger partial charge in [0.1, 0.15) is 5.82 Å². The summed E-state index contributed by atoms with van der Waals surface area (Å²) in [7, 11) is 1.79. The minimum atomic E-state index is -0.995. The number of anilines is 1. The van der Waals surface area contributed by atoms with Gasteiger partial charge in [-0.15, -0.1) is 0 Å². The topological polar surface area (TPSA) is 94.2 Å². The van der Waals surface area contributed by atoms with E-state index >= 15 is 0 Å². The van der Waals surface area contributed by atoms with Crippen LogP contribution < -0.4 is 16.2 Å². The van der Waals surface area contributed by atoms with Gasteiger partial charge in [0.2, 0.25) is 5.96 Å². The summed E-state index contributed by atoms with van der Waals surface area (Å²) in [6, 6.07) is 5.53. The fourth-order valence-electron chi connectivity index (χ4n) is 2.53. The van der Waals surface area contributed by atoms with Crippen LogP contribution in [0, 0.1) is 5.82 Å². The predicted octanol–water partition coefficient (Wildman–Crippen LogP) is 0.722. The van der Waals surface area contributed by atoms with Crippen molar-refractivity contribution >= 4 is 29.6 Å². The van der Waals surface area contributed by atoms with Crippen LogP contribution in [-0.4, -0.2) is 40.6 Å². The smallest absolute Gasteiger partial charge is 0.333 e. The van der Waals surface area contributed by atoms with E-state index in [9.17, 15) is 14.3 Å². The number of nitrogens with two attached hydrogens (primary N) is 1. The van der Waals surface area contributed by atoms with Crippen molar-refractivity contribution in [3.63, 3.8) is 0 Å². The summed E-state index contributed by atoms with van der Waals surface area (Å²) < 4.78 is 15.3. The Hall–Kier alpha value is -2.10. The van der Waals surface area contributed by atoms with E-state index in [0.717, 1.165) is 0 Å². The molecule has 7 nitrogen and oxygen atoms in total.